The van der Waals surface area contributed by atoms with E-state index < -0.39 is 12.8 Å². The van der Waals surface area contributed by atoms with Gasteiger partial charge in [0.2, 0.25) is 5.69 Å². The summed E-state index contributed by atoms with van der Waals surface area (Å²) >= 11 is 0. The van der Waals surface area contributed by atoms with Crippen LogP contribution in [0.25, 0.3) is 27.6 Å². The van der Waals surface area contributed by atoms with E-state index in [2.05, 4.69) is 65.5 Å². The minimum absolute atomic E-state index is 0. The van der Waals surface area contributed by atoms with Crippen LogP contribution in [0.4, 0.5) is 0 Å². The van der Waals surface area contributed by atoms with Crippen molar-refractivity contribution in [1.82, 2.24) is 0 Å². The molecule has 2 heterocycles. The molecule has 35 heavy (non-hydrogen) atoms. The van der Waals surface area contributed by atoms with Crippen molar-refractivity contribution in [3.05, 3.63) is 116 Å². The Bertz CT molecular complexity index is 1410. The summed E-state index contributed by atoms with van der Waals surface area (Å²) < 4.78 is 16.2. The highest BCUT2D eigenvalue weighted by Crippen LogP contribution is 2.54. The molecule has 0 saturated carbocycles. The molecule has 1 aliphatic carbocycles. The molecule has 2 aromatic carbocycles. The lowest BCUT2D eigenvalue weighted by molar-refractivity contribution is -0.699. The van der Waals surface area contributed by atoms with Gasteiger partial charge in [-0.25, -0.2) is 4.57 Å². The molecule has 1 unspecified atom stereocenters. The Kier molecular flexibility index (Phi) is 8.32. The first kappa shape index (κ1) is 26.8. The highest BCUT2D eigenvalue weighted by Gasteiger charge is 2.48. The topological polar surface area (TPSA) is 65.3 Å². The molecule has 2 N–H and O–H groups in total. The Morgan fingerprint density at radius 2 is 1.43 bits per heavy atom. The monoisotopic (exact) mass is 526 g/mol. The molecule has 5 rings (SSSR count). The average molecular weight is 527 g/mol. The Labute approximate surface area is 217 Å². The second-order valence-corrected chi connectivity index (χ2v) is 10.4. The van der Waals surface area contributed by atoms with E-state index in [-0.39, 0.29) is 31.4 Å². The van der Waals surface area contributed by atoms with E-state index in [9.17, 15) is 14.4 Å². The number of nitrogens with zero attached hydrogens (tertiary/aromatic N) is 2. The molecule has 5 nitrogen and oxygen atoms in total. The molecular weight excluding hydrogens is 502 g/mol. The van der Waals surface area contributed by atoms with Gasteiger partial charge in [0.1, 0.15) is 0 Å². The molecule has 0 aliphatic heterocycles. The zero-order chi connectivity index (χ0) is 22.9. The summed E-state index contributed by atoms with van der Waals surface area (Å²) in [6.07, 6.45) is 15.2. The average Bonchev–Trinajstić information content (AvgIpc) is 2.84. The van der Waals surface area contributed by atoms with Gasteiger partial charge in [0.25, 0.3) is 0 Å². The van der Waals surface area contributed by atoms with Crippen LogP contribution in [0.3, 0.4) is 0 Å². The first-order valence-electron chi connectivity index (χ1n) is 10.8. The molecule has 1 aliphatic rings. The molecule has 8 heteroatoms. The highest BCUT2D eigenvalue weighted by molar-refractivity contribution is 7.53. The second kappa shape index (κ2) is 10.9. The van der Waals surface area contributed by atoms with E-state index in [1.54, 1.807) is 12.2 Å². The Balaban J connectivity index is 0.00000171. The Morgan fingerprint density at radius 3 is 2.06 bits per heavy atom. The number of hydrogen-bond donors (Lipinski definition) is 2. The van der Waals surface area contributed by atoms with E-state index in [0.29, 0.717) is 6.42 Å². The maximum absolute atomic E-state index is 12.2. The van der Waals surface area contributed by atoms with Crippen LogP contribution in [0.15, 0.2) is 116 Å². The van der Waals surface area contributed by atoms with Gasteiger partial charge in [-0.3, -0.25) is 4.57 Å². The standard InChI is InChI=1S/C27H23N2O3P.2ClH/c30-33(31,32)27(15-4-1-5-16-27)21-28-17-11-22(12-18-28)23-13-19-29(20-14-23)26-10-6-8-24-7-2-3-9-25(24)26;;/h1-15,17-20H,16,21H2;2*1H. The Hall–Kier alpha value is -2.79. The number of fused-ring (bicyclic) bond motifs is 1. The SMILES string of the molecule is O=P(O)(O)C1(C[n+]2ccc(-c3cc[n+](-c4cccc5ccccc45)cc3)cc2)C=CC=CC1.[Cl-].[Cl-]. The van der Waals surface area contributed by atoms with E-state index in [1.807, 2.05) is 47.3 Å². The summed E-state index contributed by atoms with van der Waals surface area (Å²) in [5.41, 5.74) is 3.24. The molecule has 4 aromatic rings. The third kappa shape index (κ3) is 5.40. The number of allylic oxidation sites excluding steroid dienone is 4. The summed E-state index contributed by atoms with van der Waals surface area (Å²) in [7, 11) is -4.32. The minimum atomic E-state index is -4.32. The molecule has 1 atom stereocenters. The van der Waals surface area contributed by atoms with Crippen LogP contribution in [0.2, 0.25) is 0 Å². The largest absolute Gasteiger partial charge is 1.00 e. The van der Waals surface area contributed by atoms with E-state index in [0.717, 1.165) is 16.8 Å². The fourth-order valence-corrected chi connectivity index (χ4v) is 5.33. The van der Waals surface area contributed by atoms with E-state index in [4.69, 9.17) is 0 Å². The highest BCUT2D eigenvalue weighted by atomic mass is 35.5. The fourth-order valence-electron chi connectivity index (χ4n) is 4.36. The van der Waals surface area contributed by atoms with Crippen molar-refractivity contribution in [3.63, 3.8) is 0 Å². The molecule has 0 saturated heterocycles. The molecule has 0 spiro atoms. The number of halogens is 2. The molecule has 2 aromatic heterocycles. The van der Waals surface area contributed by atoms with Gasteiger partial charge in [0, 0.05) is 30.3 Å². The first-order chi connectivity index (χ1) is 16.0. The zero-order valence-corrected chi connectivity index (χ0v) is 21.2. The molecular formula is C27H25Cl2N2O3P. The van der Waals surface area contributed by atoms with Crippen LogP contribution in [0, 0.1) is 0 Å². The van der Waals surface area contributed by atoms with Gasteiger partial charge in [-0.2, -0.15) is 4.57 Å². The van der Waals surface area contributed by atoms with Crippen molar-refractivity contribution in [2.75, 3.05) is 0 Å². The minimum Gasteiger partial charge on any atom is -1.00 e. The molecule has 180 valence electrons. The van der Waals surface area contributed by atoms with Crippen LogP contribution >= 0.6 is 7.60 Å². The summed E-state index contributed by atoms with van der Waals surface area (Å²) in [4.78, 5) is 20.0. The van der Waals surface area contributed by atoms with Crippen molar-refractivity contribution in [2.45, 2.75) is 18.1 Å². The number of pyridine rings is 2. The maximum Gasteiger partial charge on any atom is 0.342 e. The van der Waals surface area contributed by atoms with Gasteiger partial charge in [-0.15, -0.1) is 0 Å². The van der Waals surface area contributed by atoms with Crippen LogP contribution < -0.4 is 33.9 Å². The number of aromatic nitrogens is 2. The van der Waals surface area contributed by atoms with Gasteiger partial charge in [-0.05, 0) is 29.0 Å². The van der Waals surface area contributed by atoms with E-state index in [1.165, 1.54) is 10.8 Å². The van der Waals surface area contributed by atoms with Crippen molar-refractivity contribution in [2.24, 2.45) is 0 Å². The van der Waals surface area contributed by atoms with Crippen LogP contribution in [0.5, 0.6) is 0 Å². The lowest BCUT2D eigenvalue weighted by Gasteiger charge is -2.28. The molecule has 0 amide bonds. The molecule has 0 bridgehead atoms. The van der Waals surface area contributed by atoms with Crippen molar-refractivity contribution < 1.29 is 48.3 Å². The van der Waals surface area contributed by atoms with E-state index >= 15 is 0 Å². The summed E-state index contributed by atoms with van der Waals surface area (Å²) in [5, 5.41) is 1.20. The van der Waals surface area contributed by atoms with Crippen molar-refractivity contribution in [3.8, 4) is 16.8 Å². The third-order valence-corrected chi connectivity index (χ3v) is 7.89. The Morgan fingerprint density at radius 1 is 0.800 bits per heavy atom. The fraction of sp³-hybridized carbons (Fsp3) is 0.111. The van der Waals surface area contributed by atoms with Gasteiger partial charge in [0.15, 0.2) is 36.5 Å². The second-order valence-electron chi connectivity index (χ2n) is 8.39. The van der Waals surface area contributed by atoms with Gasteiger partial charge >= 0.3 is 7.60 Å². The number of hydrogen-bond acceptors (Lipinski definition) is 1. The quantitative estimate of drug-likeness (QED) is 0.246. The van der Waals surface area contributed by atoms with Crippen molar-refractivity contribution >= 4 is 18.4 Å². The lowest BCUT2D eigenvalue weighted by Crippen LogP contribution is -3.00. The molecule has 0 radical (unpaired) electrons. The summed E-state index contributed by atoms with van der Waals surface area (Å²) in [6.45, 7) is 0.217. The maximum atomic E-state index is 12.2. The van der Waals surface area contributed by atoms with Crippen LogP contribution in [-0.2, 0) is 11.1 Å². The lowest BCUT2D eigenvalue weighted by atomic mass is 9.99. The first-order valence-corrected chi connectivity index (χ1v) is 12.5. The van der Waals surface area contributed by atoms with Gasteiger partial charge in [-0.1, -0.05) is 54.6 Å². The third-order valence-electron chi connectivity index (χ3n) is 6.26. The van der Waals surface area contributed by atoms with Gasteiger partial charge < -0.3 is 34.6 Å². The smallest absolute Gasteiger partial charge is 0.342 e. The number of rotatable bonds is 5. The predicted octanol–water partition coefficient (Wildman–Crippen LogP) is -1.49. The molecule has 0 fully saturated rings. The van der Waals surface area contributed by atoms with Crippen LogP contribution in [-0.4, -0.2) is 14.9 Å². The summed E-state index contributed by atoms with van der Waals surface area (Å²) in [6, 6.07) is 22.7. The van der Waals surface area contributed by atoms with Crippen molar-refractivity contribution in [1.29, 1.82) is 0 Å². The summed E-state index contributed by atoms with van der Waals surface area (Å²) in [5.74, 6) is 0. The van der Waals surface area contributed by atoms with Gasteiger partial charge in [0.05, 0.1) is 5.39 Å². The number of benzene rings is 2. The predicted molar refractivity (Wildman–Crippen MR) is 129 cm³/mol. The zero-order valence-electron chi connectivity index (χ0n) is 18.8. The normalized spacial score (nSPS) is 17.0. The van der Waals surface area contributed by atoms with Crippen LogP contribution in [0.1, 0.15) is 6.42 Å².